The van der Waals surface area contributed by atoms with Crippen molar-refractivity contribution in [2.45, 2.75) is 69.9 Å². The molecule has 1 unspecified atom stereocenters. The van der Waals surface area contributed by atoms with Gasteiger partial charge in [0.2, 0.25) is 5.91 Å². The smallest absolute Gasteiger partial charge is 0.240 e. The molecule has 1 amide bonds. The van der Waals surface area contributed by atoms with Crippen LogP contribution >= 0.6 is 0 Å². The maximum Gasteiger partial charge on any atom is 0.240 e. The van der Waals surface area contributed by atoms with Gasteiger partial charge in [0.15, 0.2) is 0 Å². The van der Waals surface area contributed by atoms with Crippen molar-refractivity contribution < 1.29 is 9.53 Å². The van der Waals surface area contributed by atoms with E-state index in [1.807, 2.05) is 19.1 Å². The lowest BCUT2D eigenvalue weighted by Gasteiger charge is -2.46. The van der Waals surface area contributed by atoms with E-state index in [4.69, 9.17) is 4.74 Å². The van der Waals surface area contributed by atoms with Crippen molar-refractivity contribution in [2.24, 2.45) is 0 Å². The zero-order chi connectivity index (χ0) is 17.5. The Bertz CT molecular complexity index is 537. The Balaban J connectivity index is 1.58. The highest BCUT2D eigenvalue weighted by Gasteiger charge is 2.44. The molecule has 2 fully saturated rings. The molecule has 3 rings (SSSR count). The van der Waals surface area contributed by atoms with E-state index in [9.17, 15) is 4.79 Å². The highest BCUT2D eigenvalue weighted by Crippen LogP contribution is 2.35. The number of pyridine rings is 1. The number of carbonyl (C=O) groups is 1. The lowest BCUT2D eigenvalue weighted by atomic mass is 9.78. The number of carbonyl (C=O) groups excluding carboxylic acids is 1. The van der Waals surface area contributed by atoms with E-state index >= 15 is 0 Å². The fourth-order valence-electron chi connectivity index (χ4n) is 4.24. The predicted octanol–water partition coefficient (Wildman–Crippen LogP) is 3.15. The standard InChI is InChI=1S/C20H31N3O2/c1-17(25-18-9-8-12-21-16-18)15-22-19(24)20(10-4-2-5-11-20)23-13-6-3-7-14-23/h8-9,12,16-17H,2-7,10-11,13-15H2,1H3,(H,22,24). The number of rotatable bonds is 6. The van der Waals surface area contributed by atoms with E-state index < -0.39 is 0 Å². The number of aromatic nitrogens is 1. The van der Waals surface area contributed by atoms with Crippen molar-refractivity contribution in [3.8, 4) is 5.75 Å². The van der Waals surface area contributed by atoms with Gasteiger partial charge in [0, 0.05) is 6.20 Å². The molecule has 138 valence electrons. The van der Waals surface area contributed by atoms with E-state index in [2.05, 4.69) is 15.2 Å². The molecule has 1 aromatic rings. The molecule has 1 atom stereocenters. The van der Waals surface area contributed by atoms with Crippen LogP contribution in [0.15, 0.2) is 24.5 Å². The van der Waals surface area contributed by atoms with E-state index in [1.54, 1.807) is 12.4 Å². The summed E-state index contributed by atoms with van der Waals surface area (Å²) >= 11 is 0. The van der Waals surface area contributed by atoms with Crippen LogP contribution in [0.2, 0.25) is 0 Å². The predicted molar refractivity (Wildman–Crippen MR) is 98.6 cm³/mol. The van der Waals surface area contributed by atoms with Crippen LogP contribution in [0.25, 0.3) is 0 Å². The van der Waals surface area contributed by atoms with E-state index in [0.29, 0.717) is 6.54 Å². The van der Waals surface area contributed by atoms with Crippen LogP contribution in [-0.2, 0) is 4.79 Å². The first-order valence-electron chi connectivity index (χ1n) is 9.81. The summed E-state index contributed by atoms with van der Waals surface area (Å²) in [4.78, 5) is 19.7. The molecule has 0 bridgehead atoms. The largest absolute Gasteiger partial charge is 0.487 e. The lowest BCUT2D eigenvalue weighted by Crippen LogP contribution is -2.61. The number of ether oxygens (including phenoxy) is 1. The molecule has 1 saturated heterocycles. The summed E-state index contributed by atoms with van der Waals surface area (Å²) in [5.74, 6) is 0.948. The molecule has 1 aliphatic carbocycles. The van der Waals surface area contributed by atoms with Gasteiger partial charge in [-0.3, -0.25) is 14.7 Å². The van der Waals surface area contributed by atoms with Gasteiger partial charge in [0.05, 0.1) is 12.7 Å². The zero-order valence-electron chi connectivity index (χ0n) is 15.4. The third-order valence-corrected chi connectivity index (χ3v) is 5.59. The average molecular weight is 345 g/mol. The highest BCUT2D eigenvalue weighted by molar-refractivity contribution is 5.86. The Labute approximate surface area is 151 Å². The lowest BCUT2D eigenvalue weighted by molar-refractivity contribution is -0.137. The quantitative estimate of drug-likeness (QED) is 0.860. The van der Waals surface area contributed by atoms with Gasteiger partial charge in [0.1, 0.15) is 17.4 Å². The van der Waals surface area contributed by atoms with Gasteiger partial charge >= 0.3 is 0 Å². The molecule has 0 radical (unpaired) electrons. The Kier molecular flexibility index (Phi) is 6.29. The maximum atomic E-state index is 13.2. The van der Waals surface area contributed by atoms with Crippen LogP contribution in [0.5, 0.6) is 5.75 Å². The number of nitrogens with one attached hydrogen (secondary N) is 1. The van der Waals surface area contributed by atoms with Crippen LogP contribution in [0.1, 0.15) is 58.3 Å². The molecular formula is C20H31N3O2. The normalized spacial score (nSPS) is 22.1. The number of likely N-dealkylation sites (tertiary alicyclic amines) is 1. The van der Waals surface area contributed by atoms with Crippen LogP contribution in [0, 0.1) is 0 Å². The summed E-state index contributed by atoms with van der Waals surface area (Å²) in [5, 5.41) is 3.18. The Morgan fingerprint density at radius 3 is 2.64 bits per heavy atom. The summed E-state index contributed by atoms with van der Waals surface area (Å²) in [6, 6.07) is 3.75. The van der Waals surface area contributed by atoms with Gasteiger partial charge in [-0.1, -0.05) is 25.7 Å². The van der Waals surface area contributed by atoms with Gasteiger partial charge in [-0.25, -0.2) is 0 Å². The third-order valence-electron chi connectivity index (χ3n) is 5.59. The van der Waals surface area contributed by atoms with Crippen molar-refractivity contribution in [3.05, 3.63) is 24.5 Å². The zero-order valence-corrected chi connectivity index (χ0v) is 15.4. The number of hydrogen-bond donors (Lipinski definition) is 1. The molecule has 1 saturated carbocycles. The van der Waals surface area contributed by atoms with Gasteiger partial charge in [0.25, 0.3) is 0 Å². The fraction of sp³-hybridized carbons (Fsp3) is 0.700. The number of amides is 1. The second-order valence-corrected chi connectivity index (χ2v) is 7.47. The minimum atomic E-state index is -0.285. The fourth-order valence-corrected chi connectivity index (χ4v) is 4.24. The van der Waals surface area contributed by atoms with Crippen LogP contribution in [-0.4, -0.2) is 47.1 Å². The summed E-state index contributed by atoms with van der Waals surface area (Å²) < 4.78 is 5.84. The van der Waals surface area contributed by atoms with Gasteiger partial charge < -0.3 is 10.1 Å². The summed E-state index contributed by atoms with van der Waals surface area (Å²) in [6.45, 7) is 4.65. The van der Waals surface area contributed by atoms with Gasteiger partial charge in [-0.05, 0) is 57.8 Å². The molecule has 25 heavy (non-hydrogen) atoms. The molecule has 5 heteroatoms. The maximum absolute atomic E-state index is 13.2. The minimum Gasteiger partial charge on any atom is -0.487 e. The SMILES string of the molecule is CC(CNC(=O)C1(N2CCCCC2)CCCCC1)Oc1cccnc1. The van der Waals surface area contributed by atoms with E-state index in [-0.39, 0.29) is 17.6 Å². The summed E-state index contributed by atoms with van der Waals surface area (Å²) in [5.41, 5.74) is -0.285. The second-order valence-electron chi connectivity index (χ2n) is 7.47. The molecule has 1 aliphatic heterocycles. The Morgan fingerprint density at radius 1 is 1.24 bits per heavy atom. The summed E-state index contributed by atoms with van der Waals surface area (Å²) in [7, 11) is 0. The molecule has 1 aromatic heterocycles. The van der Waals surface area contributed by atoms with Crippen molar-refractivity contribution in [1.29, 1.82) is 0 Å². The first-order chi connectivity index (χ1) is 12.2. The molecule has 2 heterocycles. The van der Waals surface area contributed by atoms with E-state index in [1.165, 1.54) is 25.7 Å². The number of nitrogens with zero attached hydrogens (tertiary/aromatic N) is 2. The first kappa shape index (κ1) is 18.2. The minimum absolute atomic E-state index is 0.0739. The van der Waals surface area contributed by atoms with Crippen molar-refractivity contribution in [3.63, 3.8) is 0 Å². The second kappa shape index (κ2) is 8.65. The molecule has 5 nitrogen and oxygen atoms in total. The van der Waals surface area contributed by atoms with Gasteiger partial charge in [-0.15, -0.1) is 0 Å². The molecule has 0 aromatic carbocycles. The van der Waals surface area contributed by atoms with Crippen LogP contribution < -0.4 is 10.1 Å². The monoisotopic (exact) mass is 345 g/mol. The van der Waals surface area contributed by atoms with Crippen molar-refractivity contribution in [2.75, 3.05) is 19.6 Å². The van der Waals surface area contributed by atoms with Crippen molar-refractivity contribution >= 4 is 5.91 Å². The third kappa shape index (κ3) is 4.51. The first-order valence-corrected chi connectivity index (χ1v) is 9.81. The molecule has 1 N–H and O–H groups in total. The van der Waals surface area contributed by atoms with Crippen LogP contribution in [0.3, 0.4) is 0 Å². The molecular weight excluding hydrogens is 314 g/mol. The van der Waals surface area contributed by atoms with Crippen LogP contribution in [0.4, 0.5) is 0 Å². The topological polar surface area (TPSA) is 54.5 Å². The number of piperidine rings is 1. The highest BCUT2D eigenvalue weighted by atomic mass is 16.5. The Hall–Kier alpha value is -1.62. The summed E-state index contributed by atoms with van der Waals surface area (Å²) in [6.07, 6.45) is 12.7. The molecule has 0 spiro atoms. The Morgan fingerprint density at radius 2 is 1.96 bits per heavy atom. The van der Waals surface area contributed by atoms with E-state index in [0.717, 1.165) is 44.5 Å². The molecule has 2 aliphatic rings. The average Bonchev–Trinajstić information content (AvgIpc) is 2.68. The van der Waals surface area contributed by atoms with Gasteiger partial charge in [-0.2, -0.15) is 0 Å². The van der Waals surface area contributed by atoms with Crippen molar-refractivity contribution in [1.82, 2.24) is 15.2 Å². The number of hydrogen-bond acceptors (Lipinski definition) is 4.